The highest BCUT2D eigenvalue weighted by Gasteiger charge is 2.02. The number of rotatable bonds is 8. The van der Waals surface area contributed by atoms with E-state index in [9.17, 15) is 0 Å². The van der Waals surface area contributed by atoms with Gasteiger partial charge in [0.15, 0.2) is 0 Å². The topological polar surface area (TPSA) is 38.0 Å². The lowest BCUT2D eigenvalue weighted by Gasteiger charge is -2.13. The molecule has 0 aliphatic rings. The highest BCUT2D eigenvalue weighted by atomic mass is 14.8. The van der Waals surface area contributed by atoms with Crippen molar-refractivity contribution in [2.45, 2.75) is 33.1 Å². The van der Waals surface area contributed by atoms with E-state index in [1.54, 1.807) is 0 Å². The van der Waals surface area contributed by atoms with Crippen molar-refractivity contribution >= 4 is 0 Å². The first-order chi connectivity index (χ1) is 6.20. The summed E-state index contributed by atoms with van der Waals surface area (Å²) in [6.45, 7) is 11.4. The SMILES string of the molecule is C=C(CCN)CC(C)CNCCC. The molecule has 13 heavy (non-hydrogen) atoms. The Kier molecular flexibility index (Phi) is 8.05. The van der Waals surface area contributed by atoms with Gasteiger partial charge in [-0.1, -0.05) is 26.0 Å². The zero-order valence-corrected chi connectivity index (χ0v) is 9.10. The molecular weight excluding hydrogens is 160 g/mol. The molecule has 0 aliphatic heterocycles. The Morgan fingerprint density at radius 2 is 2.23 bits per heavy atom. The predicted octanol–water partition coefficient (Wildman–Crippen LogP) is 1.92. The standard InChI is InChI=1S/C11H24N2/c1-4-7-13-9-11(3)8-10(2)5-6-12/h11,13H,2,4-9,12H2,1,3H3. The van der Waals surface area contributed by atoms with Gasteiger partial charge >= 0.3 is 0 Å². The number of hydrogen-bond acceptors (Lipinski definition) is 2. The molecule has 2 heteroatoms. The van der Waals surface area contributed by atoms with E-state index in [2.05, 4.69) is 25.7 Å². The van der Waals surface area contributed by atoms with Crippen molar-refractivity contribution < 1.29 is 0 Å². The first-order valence-electron chi connectivity index (χ1n) is 5.28. The molecule has 0 radical (unpaired) electrons. The normalized spacial score (nSPS) is 12.8. The maximum absolute atomic E-state index is 5.45. The van der Waals surface area contributed by atoms with E-state index in [0.29, 0.717) is 5.92 Å². The van der Waals surface area contributed by atoms with Crippen LogP contribution in [0.25, 0.3) is 0 Å². The third-order valence-electron chi connectivity index (χ3n) is 2.05. The largest absolute Gasteiger partial charge is 0.330 e. The molecule has 0 aliphatic carbocycles. The smallest absolute Gasteiger partial charge is 0.00201 e. The third kappa shape index (κ3) is 8.00. The summed E-state index contributed by atoms with van der Waals surface area (Å²) in [6, 6.07) is 0. The minimum absolute atomic E-state index is 0.686. The lowest BCUT2D eigenvalue weighted by Crippen LogP contribution is -2.22. The minimum Gasteiger partial charge on any atom is -0.330 e. The molecule has 2 nitrogen and oxygen atoms in total. The van der Waals surface area contributed by atoms with Gasteiger partial charge < -0.3 is 11.1 Å². The molecule has 0 amide bonds. The molecule has 0 heterocycles. The van der Waals surface area contributed by atoms with Crippen LogP contribution in [0, 0.1) is 5.92 Å². The molecule has 0 aromatic carbocycles. The van der Waals surface area contributed by atoms with E-state index in [1.165, 1.54) is 12.0 Å². The molecule has 0 aromatic rings. The van der Waals surface area contributed by atoms with Gasteiger partial charge in [-0.25, -0.2) is 0 Å². The van der Waals surface area contributed by atoms with Gasteiger partial charge in [0.05, 0.1) is 0 Å². The van der Waals surface area contributed by atoms with E-state index < -0.39 is 0 Å². The molecule has 0 spiro atoms. The first kappa shape index (κ1) is 12.7. The Morgan fingerprint density at radius 3 is 2.77 bits per heavy atom. The van der Waals surface area contributed by atoms with E-state index in [0.717, 1.165) is 32.5 Å². The summed E-state index contributed by atoms with van der Waals surface area (Å²) in [5, 5.41) is 3.41. The molecule has 1 atom stereocenters. The quantitative estimate of drug-likeness (QED) is 0.447. The molecule has 1 unspecified atom stereocenters. The summed E-state index contributed by atoms with van der Waals surface area (Å²) in [4.78, 5) is 0. The van der Waals surface area contributed by atoms with Crippen LogP contribution in [0.1, 0.15) is 33.1 Å². The fraction of sp³-hybridized carbons (Fsp3) is 0.818. The Labute approximate surface area is 82.6 Å². The van der Waals surface area contributed by atoms with Crippen molar-refractivity contribution in [3.63, 3.8) is 0 Å². The van der Waals surface area contributed by atoms with Crippen LogP contribution in [0.5, 0.6) is 0 Å². The molecule has 0 fully saturated rings. The van der Waals surface area contributed by atoms with Crippen molar-refractivity contribution in [1.29, 1.82) is 0 Å². The zero-order valence-electron chi connectivity index (χ0n) is 9.10. The second-order valence-corrected chi connectivity index (χ2v) is 3.80. The minimum atomic E-state index is 0.686. The number of hydrogen-bond donors (Lipinski definition) is 2. The van der Waals surface area contributed by atoms with Crippen LogP contribution in [0.4, 0.5) is 0 Å². The molecule has 0 saturated heterocycles. The Bertz CT molecular complexity index is 132. The van der Waals surface area contributed by atoms with Gasteiger partial charge in [-0.05, 0) is 44.8 Å². The van der Waals surface area contributed by atoms with Crippen LogP contribution < -0.4 is 11.1 Å². The molecule has 0 aromatic heterocycles. The van der Waals surface area contributed by atoms with Crippen LogP contribution in [-0.2, 0) is 0 Å². The van der Waals surface area contributed by atoms with Crippen LogP contribution >= 0.6 is 0 Å². The van der Waals surface area contributed by atoms with E-state index in [1.807, 2.05) is 0 Å². The Hall–Kier alpha value is -0.340. The lowest BCUT2D eigenvalue weighted by atomic mass is 10.0. The van der Waals surface area contributed by atoms with Gasteiger partial charge in [-0.2, -0.15) is 0 Å². The van der Waals surface area contributed by atoms with Gasteiger partial charge in [0.25, 0.3) is 0 Å². The van der Waals surface area contributed by atoms with Crippen LogP contribution in [0.15, 0.2) is 12.2 Å². The van der Waals surface area contributed by atoms with E-state index >= 15 is 0 Å². The monoisotopic (exact) mass is 184 g/mol. The van der Waals surface area contributed by atoms with Crippen molar-refractivity contribution in [3.05, 3.63) is 12.2 Å². The second kappa shape index (κ2) is 8.27. The maximum atomic E-state index is 5.45. The van der Waals surface area contributed by atoms with E-state index in [4.69, 9.17) is 5.73 Å². The molecule has 0 saturated carbocycles. The van der Waals surface area contributed by atoms with Gasteiger partial charge in [0, 0.05) is 0 Å². The molecule has 3 N–H and O–H groups in total. The van der Waals surface area contributed by atoms with Crippen molar-refractivity contribution in [1.82, 2.24) is 5.32 Å². The fourth-order valence-corrected chi connectivity index (χ4v) is 1.40. The fourth-order valence-electron chi connectivity index (χ4n) is 1.40. The third-order valence-corrected chi connectivity index (χ3v) is 2.05. The van der Waals surface area contributed by atoms with Crippen molar-refractivity contribution in [3.8, 4) is 0 Å². The van der Waals surface area contributed by atoms with Gasteiger partial charge in [-0.15, -0.1) is 0 Å². The summed E-state index contributed by atoms with van der Waals surface area (Å²) < 4.78 is 0. The average molecular weight is 184 g/mol. The summed E-state index contributed by atoms with van der Waals surface area (Å²) in [6.07, 6.45) is 3.28. The van der Waals surface area contributed by atoms with E-state index in [-0.39, 0.29) is 0 Å². The second-order valence-electron chi connectivity index (χ2n) is 3.80. The number of nitrogens with one attached hydrogen (secondary N) is 1. The molecular formula is C11H24N2. The van der Waals surface area contributed by atoms with Crippen molar-refractivity contribution in [2.75, 3.05) is 19.6 Å². The Balaban J connectivity index is 3.38. The highest BCUT2D eigenvalue weighted by molar-refractivity contribution is 4.95. The molecule has 0 bridgehead atoms. The highest BCUT2D eigenvalue weighted by Crippen LogP contribution is 2.11. The van der Waals surface area contributed by atoms with Gasteiger partial charge in [0.1, 0.15) is 0 Å². The molecule has 0 rings (SSSR count). The number of nitrogens with two attached hydrogens (primary N) is 1. The van der Waals surface area contributed by atoms with Crippen LogP contribution in [0.3, 0.4) is 0 Å². The summed E-state index contributed by atoms with van der Waals surface area (Å²) in [5.74, 6) is 0.686. The predicted molar refractivity (Wildman–Crippen MR) is 59.8 cm³/mol. The summed E-state index contributed by atoms with van der Waals surface area (Å²) in [5.41, 5.74) is 6.74. The summed E-state index contributed by atoms with van der Waals surface area (Å²) in [7, 11) is 0. The average Bonchev–Trinajstić information content (AvgIpc) is 2.05. The van der Waals surface area contributed by atoms with Crippen LogP contribution in [-0.4, -0.2) is 19.6 Å². The van der Waals surface area contributed by atoms with Gasteiger partial charge in [-0.3, -0.25) is 0 Å². The van der Waals surface area contributed by atoms with Crippen molar-refractivity contribution in [2.24, 2.45) is 11.7 Å². The zero-order chi connectivity index (χ0) is 10.1. The van der Waals surface area contributed by atoms with Crippen LogP contribution in [0.2, 0.25) is 0 Å². The van der Waals surface area contributed by atoms with Gasteiger partial charge in [0.2, 0.25) is 0 Å². The summed E-state index contributed by atoms with van der Waals surface area (Å²) >= 11 is 0. The first-order valence-corrected chi connectivity index (χ1v) is 5.28. The molecule has 78 valence electrons. The Morgan fingerprint density at radius 1 is 1.54 bits per heavy atom. The maximum Gasteiger partial charge on any atom is -0.00201 e. The lowest BCUT2D eigenvalue weighted by molar-refractivity contribution is 0.504.